The van der Waals surface area contributed by atoms with Gasteiger partial charge in [-0.25, -0.2) is 0 Å². The lowest BCUT2D eigenvalue weighted by Gasteiger charge is -2.36. The summed E-state index contributed by atoms with van der Waals surface area (Å²) < 4.78 is 1.58. The molecule has 5 heteroatoms. The standard InChI is InChI=1S/C23H29N3O2/c1-16-11-17(2)24(3)22(27)21(16)23(28)26-14-19-9-10-20(26)15-25(13-19)12-18-7-5-4-6-8-18/h4-8,11,19-20H,9-10,12-15H2,1-3H3/t19-,20+/m1/s1. The van der Waals surface area contributed by atoms with Gasteiger partial charge in [0.05, 0.1) is 0 Å². The van der Waals surface area contributed by atoms with Gasteiger partial charge in [-0.05, 0) is 49.8 Å². The lowest BCUT2D eigenvalue weighted by molar-refractivity contribution is 0.0581. The average molecular weight is 380 g/mol. The largest absolute Gasteiger partial charge is 0.334 e. The highest BCUT2D eigenvalue weighted by molar-refractivity contribution is 5.95. The quantitative estimate of drug-likeness (QED) is 0.824. The summed E-state index contributed by atoms with van der Waals surface area (Å²) in [4.78, 5) is 30.7. The molecule has 3 saturated heterocycles. The van der Waals surface area contributed by atoms with E-state index < -0.39 is 0 Å². The van der Waals surface area contributed by atoms with Gasteiger partial charge in [-0.3, -0.25) is 14.5 Å². The summed E-state index contributed by atoms with van der Waals surface area (Å²) in [6, 6.07) is 12.6. The van der Waals surface area contributed by atoms with Gasteiger partial charge in [0.15, 0.2) is 0 Å². The highest BCUT2D eigenvalue weighted by Gasteiger charge is 2.38. The van der Waals surface area contributed by atoms with Gasteiger partial charge in [0.2, 0.25) is 0 Å². The lowest BCUT2D eigenvalue weighted by atomic mass is 9.94. The van der Waals surface area contributed by atoms with Crippen LogP contribution in [0, 0.1) is 19.8 Å². The first-order valence-corrected chi connectivity index (χ1v) is 10.2. The van der Waals surface area contributed by atoms with Crippen molar-refractivity contribution in [3.8, 4) is 0 Å². The Labute approximate surface area is 166 Å². The molecule has 28 heavy (non-hydrogen) atoms. The van der Waals surface area contributed by atoms with Crippen LogP contribution in [0.2, 0.25) is 0 Å². The number of piperidine rings is 1. The topological polar surface area (TPSA) is 45.6 Å². The Balaban J connectivity index is 1.58. The van der Waals surface area contributed by atoms with Crippen LogP contribution in [0.5, 0.6) is 0 Å². The molecule has 5 nitrogen and oxygen atoms in total. The second kappa shape index (κ2) is 7.55. The number of benzene rings is 1. The van der Waals surface area contributed by atoms with E-state index >= 15 is 0 Å². The molecular formula is C23H29N3O2. The van der Waals surface area contributed by atoms with Crippen LogP contribution in [0.1, 0.15) is 40.0 Å². The Kier molecular flexibility index (Phi) is 5.11. The Hall–Kier alpha value is -2.40. The van der Waals surface area contributed by atoms with Crippen LogP contribution in [-0.4, -0.2) is 46.0 Å². The predicted octanol–water partition coefficient (Wildman–Crippen LogP) is 2.74. The van der Waals surface area contributed by atoms with Crippen LogP contribution in [0.25, 0.3) is 0 Å². The number of carbonyl (C=O) groups excluding carboxylic acids is 1. The molecule has 0 N–H and O–H groups in total. The Morgan fingerprint density at radius 1 is 1.07 bits per heavy atom. The van der Waals surface area contributed by atoms with Crippen molar-refractivity contribution in [2.75, 3.05) is 19.6 Å². The molecule has 0 radical (unpaired) electrons. The molecule has 5 rings (SSSR count). The second-order valence-corrected chi connectivity index (χ2v) is 8.44. The van der Waals surface area contributed by atoms with Crippen molar-refractivity contribution in [3.05, 3.63) is 69.1 Å². The van der Waals surface area contributed by atoms with Crippen molar-refractivity contribution in [1.82, 2.24) is 14.4 Å². The van der Waals surface area contributed by atoms with E-state index in [-0.39, 0.29) is 17.5 Å². The van der Waals surface area contributed by atoms with Gasteiger partial charge in [0, 0.05) is 45.0 Å². The number of hydrogen-bond acceptors (Lipinski definition) is 3. The zero-order valence-electron chi connectivity index (χ0n) is 17.0. The zero-order chi connectivity index (χ0) is 19.8. The number of nitrogens with zero attached hydrogens (tertiary/aromatic N) is 3. The van der Waals surface area contributed by atoms with Gasteiger partial charge >= 0.3 is 0 Å². The summed E-state index contributed by atoms with van der Waals surface area (Å²) in [5.41, 5.74) is 3.14. The van der Waals surface area contributed by atoms with E-state index in [4.69, 9.17) is 0 Å². The summed E-state index contributed by atoms with van der Waals surface area (Å²) in [6.45, 7) is 7.34. The molecule has 1 aromatic carbocycles. The first kappa shape index (κ1) is 18.9. The molecule has 1 amide bonds. The fraction of sp³-hybridized carbons (Fsp3) is 0.478. The molecule has 0 spiro atoms. The van der Waals surface area contributed by atoms with Gasteiger partial charge in [-0.15, -0.1) is 0 Å². The molecular weight excluding hydrogens is 350 g/mol. The average Bonchev–Trinajstić information content (AvgIpc) is 2.97. The summed E-state index contributed by atoms with van der Waals surface area (Å²) >= 11 is 0. The lowest BCUT2D eigenvalue weighted by Crippen LogP contribution is -2.49. The molecule has 148 valence electrons. The van der Waals surface area contributed by atoms with Crippen LogP contribution >= 0.6 is 0 Å². The number of rotatable bonds is 3. The highest BCUT2D eigenvalue weighted by Crippen LogP contribution is 2.30. The van der Waals surface area contributed by atoms with Crippen molar-refractivity contribution in [1.29, 1.82) is 0 Å². The first-order chi connectivity index (χ1) is 13.4. The second-order valence-electron chi connectivity index (χ2n) is 8.44. The van der Waals surface area contributed by atoms with Crippen LogP contribution in [-0.2, 0) is 13.6 Å². The SMILES string of the molecule is Cc1cc(C)n(C)c(=O)c1C(=O)N1C[C@@H]2CC[C@H]1CN(Cc1ccccc1)C2. The maximum atomic E-state index is 13.4. The Bertz CT molecular complexity index is 935. The molecule has 1 aromatic heterocycles. The molecule has 2 bridgehead atoms. The van der Waals surface area contributed by atoms with Crippen molar-refractivity contribution in [3.63, 3.8) is 0 Å². The van der Waals surface area contributed by atoms with E-state index in [0.717, 1.165) is 50.3 Å². The Morgan fingerprint density at radius 3 is 2.57 bits per heavy atom. The smallest absolute Gasteiger partial charge is 0.263 e. The molecule has 0 saturated carbocycles. The van der Waals surface area contributed by atoms with E-state index in [1.807, 2.05) is 30.9 Å². The van der Waals surface area contributed by atoms with Crippen molar-refractivity contribution in [2.24, 2.45) is 13.0 Å². The first-order valence-electron chi connectivity index (χ1n) is 10.2. The fourth-order valence-electron chi connectivity index (χ4n) is 4.78. The van der Waals surface area contributed by atoms with E-state index in [1.54, 1.807) is 11.6 Å². The van der Waals surface area contributed by atoms with Crippen molar-refractivity contribution in [2.45, 2.75) is 39.3 Å². The summed E-state index contributed by atoms with van der Waals surface area (Å²) in [7, 11) is 1.74. The molecule has 0 aliphatic carbocycles. The Morgan fingerprint density at radius 2 is 1.82 bits per heavy atom. The normalized spacial score (nSPS) is 22.3. The molecule has 2 atom stereocenters. The van der Waals surface area contributed by atoms with Gasteiger partial charge in [0.1, 0.15) is 5.56 Å². The summed E-state index contributed by atoms with van der Waals surface area (Å²) in [5, 5.41) is 0. The molecule has 3 aliphatic rings. The minimum absolute atomic E-state index is 0.0886. The third kappa shape index (κ3) is 3.51. The highest BCUT2D eigenvalue weighted by atomic mass is 16.2. The zero-order valence-corrected chi connectivity index (χ0v) is 17.0. The van der Waals surface area contributed by atoms with Crippen LogP contribution < -0.4 is 5.56 Å². The van der Waals surface area contributed by atoms with Crippen molar-refractivity contribution < 1.29 is 4.79 Å². The maximum Gasteiger partial charge on any atom is 0.263 e. The predicted molar refractivity (Wildman–Crippen MR) is 110 cm³/mol. The summed E-state index contributed by atoms with van der Waals surface area (Å²) in [6.07, 6.45) is 2.18. The third-order valence-corrected chi connectivity index (χ3v) is 6.38. The van der Waals surface area contributed by atoms with E-state index in [1.165, 1.54) is 5.56 Å². The molecule has 0 unspecified atom stereocenters. The number of amides is 1. The van der Waals surface area contributed by atoms with Gasteiger partial charge in [-0.1, -0.05) is 30.3 Å². The fourth-order valence-corrected chi connectivity index (χ4v) is 4.78. The number of hydrogen-bond donors (Lipinski definition) is 0. The van der Waals surface area contributed by atoms with E-state index in [9.17, 15) is 9.59 Å². The number of carbonyl (C=O) groups is 1. The monoisotopic (exact) mass is 379 g/mol. The van der Waals surface area contributed by atoms with Gasteiger partial charge in [-0.2, -0.15) is 0 Å². The van der Waals surface area contributed by atoms with Crippen LogP contribution in [0.3, 0.4) is 0 Å². The van der Waals surface area contributed by atoms with E-state index in [0.29, 0.717) is 11.5 Å². The maximum absolute atomic E-state index is 13.4. The van der Waals surface area contributed by atoms with Crippen LogP contribution in [0.15, 0.2) is 41.2 Å². The van der Waals surface area contributed by atoms with Gasteiger partial charge < -0.3 is 9.47 Å². The number of aromatic nitrogens is 1. The number of pyridine rings is 1. The van der Waals surface area contributed by atoms with Crippen LogP contribution in [0.4, 0.5) is 0 Å². The molecule has 4 heterocycles. The molecule has 2 aromatic rings. The van der Waals surface area contributed by atoms with E-state index in [2.05, 4.69) is 29.2 Å². The van der Waals surface area contributed by atoms with Gasteiger partial charge in [0.25, 0.3) is 11.5 Å². The molecule has 3 fully saturated rings. The number of aryl methyl sites for hydroxylation is 2. The third-order valence-electron chi connectivity index (χ3n) is 6.38. The number of fused-ring (bicyclic) bond motifs is 4. The minimum Gasteiger partial charge on any atom is -0.334 e. The minimum atomic E-state index is -0.177. The van der Waals surface area contributed by atoms with Crippen molar-refractivity contribution >= 4 is 5.91 Å². The molecule has 3 aliphatic heterocycles. The summed E-state index contributed by atoms with van der Waals surface area (Å²) in [5.74, 6) is 0.385.